The van der Waals surface area contributed by atoms with Crippen LogP contribution in [-0.4, -0.2) is 52.9 Å². The van der Waals surface area contributed by atoms with Gasteiger partial charge in [0.05, 0.1) is 0 Å². The van der Waals surface area contributed by atoms with Crippen LogP contribution in [-0.2, 0) is 6.42 Å². The van der Waals surface area contributed by atoms with E-state index in [4.69, 9.17) is 21.1 Å². The minimum atomic E-state index is -0.536. The van der Waals surface area contributed by atoms with Gasteiger partial charge in [-0.25, -0.2) is 4.98 Å². The van der Waals surface area contributed by atoms with Crippen molar-refractivity contribution in [2.75, 3.05) is 26.2 Å². The van der Waals surface area contributed by atoms with Crippen molar-refractivity contribution in [3.8, 4) is 11.5 Å². The zero-order valence-electron chi connectivity index (χ0n) is 15.8. The number of fused-ring (bicyclic) bond motifs is 1. The topological polar surface area (TPSA) is 54.8 Å². The summed E-state index contributed by atoms with van der Waals surface area (Å²) in [6.45, 7) is 4.63. The Morgan fingerprint density at radius 1 is 1.32 bits per heavy atom. The lowest BCUT2D eigenvalue weighted by atomic mass is 9.87. The van der Waals surface area contributed by atoms with Gasteiger partial charge in [-0.15, -0.1) is 0 Å². The molecular formula is C21H24ClIN2O3. The molecule has 7 heteroatoms. The smallest absolute Gasteiger partial charge is 0.151 e. The Bertz CT molecular complexity index is 856. The molecule has 1 spiro atoms. The average Bonchev–Trinajstić information content (AvgIpc) is 3.00. The molecular weight excluding hydrogens is 491 g/mol. The van der Waals surface area contributed by atoms with Gasteiger partial charge in [0, 0.05) is 49.6 Å². The summed E-state index contributed by atoms with van der Waals surface area (Å²) in [5.41, 5.74) is 2.04. The van der Waals surface area contributed by atoms with Gasteiger partial charge in [0.2, 0.25) is 0 Å². The number of benzene rings is 1. The van der Waals surface area contributed by atoms with Crippen molar-refractivity contribution in [3.05, 3.63) is 50.3 Å². The Morgan fingerprint density at radius 2 is 2.11 bits per heavy atom. The summed E-state index contributed by atoms with van der Waals surface area (Å²) in [7, 11) is 0. The number of hydrogen-bond acceptors (Lipinski definition) is 5. The van der Waals surface area contributed by atoms with Gasteiger partial charge in [-0.1, -0.05) is 11.6 Å². The highest BCUT2D eigenvalue weighted by Gasteiger charge is 2.42. The summed E-state index contributed by atoms with van der Waals surface area (Å²) in [5, 5.41) is 11.2. The Labute approximate surface area is 184 Å². The van der Waals surface area contributed by atoms with Crippen molar-refractivity contribution in [1.82, 2.24) is 9.88 Å². The van der Waals surface area contributed by atoms with E-state index in [2.05, 4.69) is 32.5 Å². The molecule has 1 atom stereocenters. The molecule has 0 bridgehead atoms. The van der Waals surface area contributed by atoms with Gasteiger partial charge < -0.3 is 19.5 Å². The molecule has 0 radical (unpaired) electrons. The summed E-state index contributed by atoms with van der Waals surface area (Å²) in [6, 6.07) is 9.70. The molecule has 2 aromatic rings. The Kier molecular flexibility index (Phi) is 6.01. The van der Waals surface area contributed by atoms with Gasteiger partial charge in [-0.05, 0) is 65.4 Å². The summed E-state index contributed by atoms with van der Waals surface area (Å²) in [4.78, 5) is 6.67. The Morgan fingerprint density at radius 3 is 2.86 bits per heavy atom. The number of pyridine rings is 1. The number of aromatic nitrogens is 1. The first-order chi connectivity index (χ1) is 13.4. The van der Waals surface area contributed by atoms with Crippen molar-refractivity contribution in [1.29, 1.82) is 0 Å². The maximum absolute atomic E-state index is 10.4. The number of halogens is 2. The summed E-state index contributed by atoms with van der Waals surface area (Å²) in [5.74, 6) is 1.69. The second-order valence-corrected chi connectivity index (χ2v) is 9.18. The van der Waals surface area contributed by atoms with E-state index in [1.54, 1.807) is 0 Å². The molecule has 4 rings (SSSR count). The van der Waals surface area contributed by atoms with E-state index in [1.165, 1.54) is 5.56 Å². The van der Waals surface area contributed by atoms with Crippen molar-refractivity contribution >= 4 is 34.2 Å². The van der Waals surface area contributed by atoms with Crippen molar-refractivity contribution in [2.45, 2.75) is 37.9 Å². The van der Waals surface area contributed by atoms with Crippen LogP contribution in [0.2, 0.25) is 5.02 Å². The van der Waals surface area contributed by atoms with Crippen LogP contribution < -0.4 is 9.47 Å². The molecule has 2 aliphatic heterocycles. The molecule has 1 fully saturated rings. The second kappa shape index (κ2) is 8.34. The number of piperidine rings is 1. The number of hydrogen-bond donors (Lipinski definition) is 1. The second-order valence-electron chi connectivity index (χ2n) is 7.72. The highest BCUT2D eigenvalue weighted by molar-refractivity contribution is 14.1. The highest BCUT2D eigenvalue weighted by Crippen LogP contribution is 2.41. The Hall–Kier alpha value is -1.09. The van der Waals surface area contributed by atoms with Gasteiger partial charge in [-0.2, -0.15) is 0 Å². The average molecular weight is 515 g/mol. The van der Waals surface area contributed by atoms with Crippen LogP contribution in [0.3, 0.4) is 0 Å². The van der Waals surface area contributed by atoms with Gasteiger partial charge in [-0.3, -0.25) is 0 Å². The molecule has 0 aliphatic carbocycles. The van der Waals surface area contributed by atoms with Crippen molar-refractivity contribution < 1.29 is 14.6 Å². The third kappa shape index (κ3) is 4.56. The van der Waals surface area contributed by atoms with Crippen LogP contribution in [0, 0.1) is 10.6 Å². The molecule has 28 heavy (non-hydrogen) atoms. The van der Waals surface area contributed by atoms with E-state index in [0.29, 0.717) is 6.54 Å². The lowest BCUT2D eigenvalue weighted by molar-refractivity contribution is -0.00204. The van der Waals surface area contributed by atoms with Crippen LogP contribution in [0.1, 0.15) is 24.1 Å². The van der Waals surface area contributed by atoms with Crippen LogP contribution in [0.5, 0.6) is 11.5 Å². The molecule has 1 aromatic heterocycles. The molecule has 1 N–H and O–H groups in total. The van der Waals surface area contributed by atoms with E-state index in [-0.39, 0.29) is 12.2 Å². The van der Waals surface area contributed by atoms with Crippen LogP contribution >= 0.6 is 34.2 Å². The monoisotopic (exact) mass is 514 g/mol. The van der Waals surface area contributed by atoms with Gasteiger partial charge >= 0.3 is 0 Å². The summed E-state index contributed by atoms with van der Waals surface area (Å²) < 4.78 is 12.9. The van der Waals surface area contributed by atoms with E-state index in [9.17, 15) is 5.11 Å². The van der Waals surface area contributed by atoms with Crippen LogP contribution in [0.25, 0.3) is 0 Å². The maximum Gasteiger partial charge on any atom is 0.151 e. The number of rotatable bonds is 5. The highest BCUT2D eigenvalue weighted by atomic mass is 127. The first-order valence-corrected chi connectivity index (χ1v) is 11.0. The molecule has 1 aromatic carbocycles. The van der Waals surface area contributed by atoms with Gasteiger partial charge in [0.15, 0.2) is 5.75 Å². The van der Waals surface area contributed by atoms with Crippen LogP contribution in [0.4, 0.5) is 0 Å². The number of aliphatic hydroxyl groups is 1. The molecule has 150 valence electrons. The largest absolute Gasteiger partial charge is 0.488 e. The minimum absolute atomic E-state index is 0.116. The number of likely N-dealkylation sites (tertiary alicyclic amines) is 1. The standard InChI is InChI=1S/C21H24ClIN2O3/c1-14-2-4-19(20(23)24-14)27-13-17(26)12-25-8-6-21(7-9-25)11-15-10-16(22)3-5-18(15)28-21/h2-5,10,17,26H,6-9,11-13H2,1H3/t17-/m0/s1. The third-order valence-corrected chi connectivity index (χ3v) is 6.49. The van der Waals surface area contributed by atoms with Crippen LogP contribution in [0.15, 0.2) is 30.3 Å². The fourth-order valence-electron chi connectivity index (χ4n) is 3.98. The molecule has 5 nitrogen and oxygen atoms in total. The molecule has 0 amide bonds. The first kappa shape index (κ1) is 20.2. The summed E-state index contributed by atoms with van der Waals surface area (Å²) >= 11 is 8.27. The third-order valence-electron chi connectivity index (χ3n) is 5.48. The number of β-amino-alcohol motifs (C(OH)–C–C–N with tert-alkyl or cyclic N) is 1. The predicted molar refractivity (Wildman–Crippen MR) is 117 cm³/mol. The normalized spacial score (nSPS) is 19.3. The number of ether oxygens (including phenoxy) is 2. The maximum atomic E-state index is 10.4. The molecule has 0 saturated carbocycles. The molecule has 0 unspecified atom stereocenters. The lowest BCUT2D eigenvalue weighted by Gasteiger charge is -2.39. The first-order valence-electron chi connectivity index (χ1n) is 9.56. The molecule has 2 aliphatic rings. The minimum Gasteiger partial charge on any atom is -0.488 e. The number of nitrogens with zero attached hydrogens (tertiary/aromatic N) is 2. The SMILES string of the molecule is Cc1ccc(OC[C@@H](O)CN2CCC3(CC2)Cc2cc(Cl)ccc2O3)c(I)n1. The fourth-order valence-corrected chi connectivity index (χ4v) is 4.89. The zero-order chi connectivity index (χ0) is 19.7. The molecule has 1 saturated heterocycles. The number of aryl methyl sites for hydroxylation is 1. The van der Waals surface area contributed by atoms with Crippen molar-refractivity contribution in [2.24, 2.45) is 0 Å². The van der Waals surface area contributed by atoms with E-state index < -0.39 is 6.10 Å². The predicted octanol–water partition coefficient (Wildman–Crippen LogP) is 3.86. The van der Waals surface area contributed by atoms with E-state index >= 15 is 0 Å². The van der Waals surface area contributed by atoms with Gasteiger partial charge in [0.1, 0.15) is 27.8 Å². The number of aliphatic hydroxyl groups excluding tert-OH is 1. The quantitative estimate of drug-likeness (QED) is 0.485. The van der Waals surface area contributed by atoms with E-state index in [1.807, 2.05) is 37.3 Å². The van der Waals surface area contributed by atoms with Gasteiger partial charge in [0.25, 0.3) is 0 Å². The molecule has 3 heterocycles. The fraction of sp³-hybridized carbons (Fsp3) is 0.476. The zero-order valence-corrected chi connectivity index (χ0v) is 18.7. The van der Waals surface area contributed by atoms with Crippen molar-refractivity contribution in [3.63, 3.8) is 0 Å². The van der Waals surface area contributed by atoms with E-state index in [0.717, 1.165) is 58.3 Å². The lowest BCUT2D eigenvalue weighted by Crippen LogP contribution is -2.49. The summed E-state index contributed by atoms with van der Waals surface area (Å²) in [6.07, 6.45) is 2.28. The Balaban J connectivity index is 1.25.